The van der Waals surface area contributed by atoms with Crippen molar-refractivity contribution in [3.8, 4) is 5.75 Å². The molecule has 1 heterocycles. The van der Waals surface area contributed by atoms with Crippen molar-refractivity contribution in [1.29, 1.82) is 0 Å². The zero-order valence-electron chi connectivity index (χ0n) is 13.8. The third-order valence-electron chi connectivity index (χ3n) is 3.36. The monoisotopic (exact) mass is 318 g/mol. The van der Waals surface area contributed by atoms with Crippen LogP contribution in [0.5, 0.6) is 5.75 Å². The van der Waals surface area contributed by atoms with Crippen molar-refractivity contribution in [3.05, 3.63) is 41.1 Å². The lowest BCUT2D eigenvalue weighted by Crippen LogP contribution is -2.45. The fourth-order valence-corrected chi connectivity index (χ4v) is 2.49. The molecule has 0 fully saturated rings. The highest BCUT2D eigenvalue weighted by atomic mass is 16.5. The molecule has 124 valence electrons. The maximum Gasteiger partial charge on any atom is 0.338 e. The van der Waals surface area contributed by atoms with Crippen LogP contribution in [0.2, 0.25) is 0 Å². The number of amides is 2. The van der Waals surface area contributed by atoms with E-state index >= 15 is 0 Å². The summed E-state index contributed by atoms with van der Waals surface area (Å²) in [5, 5.41) is 5.39. The number of nitrogens with one attached hydrogen (secondary N) is 2. The second kappa shape index (κ2) is 7.17. The predicted octanol–water partition coefficient (Wildman–Crippen LogP) is 2.66. The third-order valence-corrected chi connectivity index (χ3v) is 3.36. The van der Waals surface area contributed by atoms with Gasteiger partial charge in [0.15, 0.2) is 0 Å². The number of para-hydroxylation sites is 1. The highest BCUT2D eigenvalue weighted by Gasteiger charge is 2.33. The number of hydrogen-bond acceptors (Lipinski definition) is 4. The Balaban J connectivity index is 2.48. The van der Waals surface area contributed by atoms with Gasteiger partial charge in [-0.3, -0.25) is 0 Å². The number of ether oxygens (including phenoxy) is 2. The second-order valence-electron chi connectivity index (χ2n) is 5.50. The molecule has 1 aliphatic heterocycles. The minimum atomic E-state index is -0.613. The van der Waals surface area contributed by atoms with Crippen LogP contribution in [0.25, 0.3) is 0 Å². The first-order chi connectivity index (χ1) is 10.9. The lowest BCUT2D eigenvalue weighted by Gasteiger charge is -2.29. The molecule has 1 aromatic rings. The Morgan fingerprint density at radius 2 is 2.00 bits per heavy atom. The van der Waals surface area contributed by atoms with Crippen LogP contribution in [0.15, 0.2) is 35.5 Å². The number of rotatable bonds is 5. The number of allylic oxidation sites excluding steroid dienone is 1. The molecule has 6 heteroatoms. The maximum atomic E-state index is 12.3. The Labute approximate surface area is 135 Å². The number of hydrogen-bond donors (Lipinski definition) is 2. The molecule has 0 bridgehead atoms. The van der Waals surface area contributed by atoms with Gasteiger partial charge in [0.1, 0.15) is 5.75 Å². The van der Waals surface area contributed by atoms with Gasteiger partial charge in [0.05, 0.1) is 24.3 Å². The van der Waals surface area contributed by atoms with Gasteiger partial charge in [-0.05, 0) is 33.8 Å². The first kappa shape index (κ1) is 16.9. The van der Waals surface area contributed by atoms with Gasteiger partial charge in [-0.15, -0.1) is 0 Å². The van der Waals surface area contributed by atoms with Crippen LogP contribution in [0.4, 0.5) is 4.79 Å². The predicted molar refractivity (Wildman–Crippen MR) is 85.9 cm³/mol. The molecule has 1 atom stereocenters. The molecule has 1 aliphatic rings. The van der Waals surface area contributed by atoms with E-state index in [2.05, 4.69) is 10.6 Å². The quantitative estimate of drug-likeness (QED) is 0.818. The van der Waals surface area contributed by atoms with E-state index in [9.17, 15) is 9.59 Å². The number of urea groups is 1. The Morgan fingerprint density at radius 1 is 1.30 bits per heavy atom. The van der Waals surface area contributed by atoms with E-state index in [4.69, 9.17) is 9.47 Å². The average molecular weight is 318 g/mol. The van der Waals surface area contributed by atoms with Crippen LogP contribution in [-0.2, 0) is 9.53 Å². The van der Waals surface area contributed by atoms with E-state index in [0.717, 1.165) is 5.56 Å². The van der Waals surface area contributed by atoms with E-state index in [-0.39, 0.29) is 18.7 Å². The molecule has 0 aromatic heterocycles. The number of carbonyl (C=O) groups excluding carboxylic acids is 2. The topological polar surface area (TPSA) is 76.7 Å². The summed E-state index contributed by atoms with van der Waals surface area (Å²) >= 11 is 0. The summed E-state index contributed by atoms with van der Waals surface area (Å²) in [6, 6.07) is 6.37. The number of esters is 1. The van der Waals surface area contributed by atoms with E-state index in [1.54, 1.807) is 13.8 Å². The summed E-state index contributed by atoms with van der Waals surface area (Å²) in [5.41, 5.74) is 1.58. The highest BCUT2D eigenvalue weighted by Crippen LogP contribution is 2.33. The van der Waals surface area contributed by atoms with E-state index in [1.165, 1.54) is 0 Å². The summed E-state index contributed by atoms with van der Waals surface area (Å²) in [6.07, 6.45) is -0.0234. The van der Waals surface area contributed by atoms with Crippen molar-refractivity contribution in [1.82, 2.24) is 10.6 Å². The van der Waals surface area contributed by atoms with Crippen LogP contribution < -0.4 is 15.4 Å². The lowest BCUT2D eigenvalue weighted by atomic mass is 9.95. The first-order valence-electron chi connectivity index (χ1n) is 7.65. The van der Waals surface area contributed by atoms with Gasteiger partial charge < -0.3 is 20.1 Å². The minimum absolute atomic E-state index is 0.0234. The van der Waals surface area contributed by atoms with Crippen molar-refractivity contribution in [3.63, 3.8) is 0 Å². The standard InChI is InChI=1S/C17H22N2O4/c1-5-22-16(20)14-11(4)18-17(21)19-15(14)12-8-6-7-9-13(12)23-10(2)3/h6-10,15H,5H2,1-4H3,(H2,18,19,21)/t15-/m0/s1. The second-order valence-corrected chi connectivity index (χ2v) is 5.50. The van der Waals surface area contributed by atoms with Gasteiger partial charge >= 0.3 is 12.0 Å². The Morgan fingerprint density at radius 3 is 2.65 bits per heavy atom. The fourth-order valence-electron chi connectivity index (χ4n) is 2.49. The molecule has 2 amide bonds. The summed E-state index contributed by atoms with van der Waals surface area (Å²) < 4.78 is 10.9. The number of benzene rings is 1. The van der Waals surface area contributed by atoms with Crippen LogP contribution in [-0.4, -0.2) is 24.7 Å². The zero-order valence-corrected chi connectivity index (χ0v) is 13.8. The van der Waals surface area contributed by atoms with Crippen molar-refractivity contribution in [2.75, 3.05) is 6.61 Å². The van der Waals surface area contributed by atoms with Crippen molar-refractivity contribution >= 4 is 12.0 Å². The molecule has 0 spiro atoms. The molecular formula is C17H22N2O4. The zero-order chi connectivity index (χ0) is 17.0. The minimum Gasteiger partial charge on any atom is -0.491 e. The molecule has 1 aromatic carbocycles. The summed E-state index contributed by atoms with van der Waals surface area (Å²) in [6.45, 7) is 7.54. The molecular weight excluding hydrogens is 296 g/mol. The van der Waals surface area contributed by atoms with Gasteiger partial charge in [-0.2, -0.15) is 0 Å². The van der Waals surface area contributed by atoms with Crippen LogP contribution >= 0.6 is 0 Å². The van der Waals surface area contributed by atoms with Gasteiger partial charge in [-0.25, -0.2) is 9.59 Å². The Hall–Kier alpha value is -2.50. The van der Waals surface area contributed by atoms with Crippen LogP contribution in [0, 0.1) is 0 Å². The Bertz CT molecular complexity index is 637. The third kappa shape index (κ3) is 3.83. The Kier molecular flexibility index (Phi) is 5.26. The SMILES string of the molecule is CCOC(=O)C1=C(C)NC(=O)N[C@H]1c1ccccc1OC(C)C. The van der Waals surface area contributed by atoms with Crippen molar-refractivity contribution in [2.45, 2.75) is 39.8 Å². The molecule has 0 aliphatic carbocycles. The van der Waals surface area contributed by atoms with Crippen molar-refractivity contribution in [2.24, 2.45) is 0 Å². The highest BCUT2D eigenvalue weighted by molar-refractivity contribution is 5.95. The van der Waals surface area contributed by atoms with Crippen LogP contribution in [0.3, 0.4) is 0 Å². The smallest absolute Gasteiger partial charge is 0.338 e. The maximum absolute atomic E-state index is 12.3. The summed E-state index contributed by atoms with van der Waals surface area (Å²) in [4.78, 5) is 24.2. The van der Waals surface area contributed by atoms with E-state index < -0.39 is 12.0 Å². The molecule has 0 saturated carbocycles. The molecule has 6 nitrogen and oxygen atoms in total. The summed E-state index contributed by atoms with van der Waals surface area (Å²) in [7, 11) is 0. The largest absolute Gasteiger partial charge is 0.491 e. The van der Waals surface area contributed by atoms with Crippen LogP contribution in [0.1, 0.15) is 39.3 Å². The van der Waals surface area contributed by atoms with Gasteiger partial charge in [-0.1, -0.05) is 18.2 Å². The number of carbonyl (C=O) groups is 2. The average Bonchev–Trinajstić information content (AvgIpc) is 2.46. The lowest BCUT2D eigenvalue weighted by molar-refractivity contribution is -0.139. The molecule has 23 heavy (non-hydrogen) atoms. The van der Waals surface area contributed by atoms with E-state index in [1.807, 2.05) is 38.1 Å². The molecule has 2 rings (SSSR count). The fraction of sp³-hybridized carbons (Fsp3) is 0.412. The van der Waals surface area contributed by atoms with Gasteiger partial charge in [0.25, 0.3) is 0 Å². The van der Waals surface area contributed by atoms with Gasteiger partial charge in [0.2, 0.25) is 0 Å². The van der Waals surface area contributed by atoms with Gasteiger partial charge in [0, 0.05) is 11.3 Å². The molecule has 2 N–H and O–H groups in total. The molecule has 0 radical (unpaired) electrons. The normalized spacial score (nSPS) is 17.6. The molecule has 0 unspecified atom stereocenters. The first-order valence-corrected chi connectivity index (χ1v) is 7.65. The molecule has 0 saturated heterocycles. The van der Waals surface area contributed by atoms with E-state index in [0.29, 0.717) is 17.0 Å². The van der Waals surface area contributed by atoms with Crippen molar-refractivity contribution < 1.29 is 19.1 Å². The summed E-state index contributed by atoms with van der Waals surface area (Å²) in [5.74, 6) is 0.172.